The van der Waals surface area contributed by atoms with Crippen molar-refractivity contribution in [3.63, 3.8) is 0 Å². The molecule has 2 amide bonds. The third-order valence-electron chi connectivity index (χ3n) is 6.89. The van der Waals surface area contributed by atoms with Crippen LogP contribution in [0.5, 0.6) is 0 Å². The molecule has 0 bridgehead atoms. The van der Waals surface area contributed by atoms with E-state index in [0.717, 1.165) is 22.3 Å². The number of benzene rings is 2. The van der Waals surface area contributed by atoms with E-state index in [1.54, 1.807) is 6.92 Å². The number of hydrogen-bond acceptors (Lipinski definition) is 5. The van der Waals surface area contributed by atoms with Crippen LogP contribution in [0.15, 0.2) is 48.5 Å². The SMILES string of the molecule is CC[C@H](NC(=O)OCC1c2ccccc2-c2ccccc21)C(=O)N1CCCC(OC)(C(=O)O)C1. The van der Waals surface area contributed by atoms with Crippen LogP contribution in [-0.4, -0.2) is 66.4 Å². The largest absolute Gasteiger partial charge is 0.479 e. The summed E-state index contributed by atoms with van der Waals surface area (Å²) in [5.74, 6) is -1.50. The number of carbonyl (C=O) groups is 3. The first kappa shape index (κ1) is 23.8. The number of carboxylic acids is 1. The molecule has 0 saturated carbocycles. The predicted molar refractivity (Wildman–Crippen MR) is 125 cm³/mol. The van der Waals surface area contributed by atoms with E-state index in [-0.39, 0.29) is 25.0 Å². The van der Waals surface area contributed by atoms with Gasteiger partial charge in [-0.2, -0.15) is 0 Å². The van der Waals surface area contributed by atoms with Gasteiger partial charge < -0.3 is 24.8 Å². The zero-order valence-electron chi connectivity index (χ0n) is 19.5. The molecular formula is C26H30N2O6. The van der Waals surface area contributed by atoms with Gasteiger partial charge in [0.25, 0.3) is 0 Å². The van der Waals surface area contributed by atoms with Crippen LogP contribution in [0.3, 0.4) is 0 Å². The van der Waals surface area contributed by atoms with Crippen LogP contribution >= 0.6 is 0 Å². The molecule has 1 aliphatic heterocycles. The Kier molecular flexibility index (Phi) is 6.88. The standard InChI is InChI=1S/C26H30N2O6/c1-3-22(23(29)28-14-8-13-26(16-28,33-2)24(30)31)27-25(32)34-15-21-19-11-6-4-9-17(19)18-10-5-7-12-20(18)21/h4-7,9-12,21-22H,3,8,13-16H2,1-2H3,(H,27,32)(H,30,31)/t22-,26?/m0/s1. The van der Waals surface area contributed by atoms with Gasteiger partial charge >= 0.3 is 12.1 Å². The number of piperidine rings is 1. The van der Waals surface area contributed by atoms with Crippen molar-refractivity contribution in [1.82, 2.24) is 10.2 Å². The van der Waals surface area contributed by atoms with Gasteiger partial charge in [0.1, 0.15) is 12.6 Å². The molecule has 34 heavy (non-hydrogen) atoms. The van der Waals surface area contributed by atoms with E-state index < -0.39 is 23.7 Å². The van der Waals surface area contributed by atoms with Gasteiger partial charge in [0.15, 0.2) is 5.60 Å². The monoisotopic (exact) mass is 466 g/mol. The van der Waals surface area contributed by atoms with Crippen molar-refractivity contribution in [1.29, 1.82) is 0 Å². The molecule has 2 aromatic carbocycles. The average Bonchev–Trinajstić information content (AvgIpc) is 3.19. The first-order valence-electron chi connectivity index (χ1n) is 11.6. The maximum absolute atomic E-state index is 13.1. The van der Waals surface area contributed by atoms with Gasteiger partial charge in [-0.05, 0) is 41.5 Å². The highest BCUT2D eigenvalue weighted by Gasteiger charge is 2.45. The molecule has 8 nitrogen and oxygen atoms in total. The number of carbonyl (C=O) groups excluding carboxylic acids is 2. The number of methoxy groups -OCH3 is 1. The van der Waals surface area contributed by atoms with Gasteiger partial charge in [0.2, 0.25) is 5.91 Å². The van der Waals surface area contributed by atoms with Crippen molar-refractivity contribution >= 4 is 18.0 Å². The lowest BCUT2D eigenvalue weighted by molar-refractivity contribution is -0.171. The summed E-state index contributed by atoms with van der Waals surface area (Å²) in [6.45, 7) is 2.30. The number of ether oxygens (including phenoxy) is 2. The van der Waals surface area contributed by atoms with E-state index in [2.05, 4.69) is 17.4 Å². The quantitative estimate of drug-likeness (QED) is 0.648. The molecule has 0 aromatic heterocycles. The van der Waals surface area contributed by atoms with Crippen LogP contribution in [0.25, 0.3) is 11.1 Å². The first-order valence-corrected chi connectivity index (χ1v) is 11.6. The molecule has 2 atom stereocenters. The normalized spacial score (nSPS) is 20.2. The van der Waals surface area contributed by atoms with Crippen molar-refractivity contribution < 1.29 is 29.0 Å². The van der Waals surface area contributed by atoms with E-state index in [9.17, 15) is 19.5 Å². The second kappa shape index (κ2) is 9.85. The van der Waals surface area contributed by atoms with Gasteiger partial charge in [0, 0.05) is 19.6 Å². The third-order valence-corrected chi connectivity index (χ3v) is 6.89. The van der Waals surface area contributed by atoms with E-state index in [0.29, 0.717) is 25.8 Å². The van der Waals surface area contributed by atoms with Crippen molar-refractivity contribution in [2.75, 3.05) is 26.8 Å². The summed E-state index contributed by atoms with van der Waals surface area (Å²) in [4.78, 5) is 38.9. The van der Waals surface area contributed by atoms with Crippen LogP contribution in [0.2, 0.25) is 0 Å². The Balaban J connectivity index is 1.40. The van der Waals surface area contributed by atoms with Crippen LogP contribution in [0.4, 0.5) is 4.79 Å². The fraction of sp³-hybridized carbons (Fsp3) is 0.423. The van der Waals surface area contributed by atoms with Gasteiger partial charge in [-0.3, -0.25) is 4.79 Å². The van der Waals surface area contributed by atoms with Crippen molar-refractivity contribution in [3.05, 3.63) is 59.7 Å². The number of carboxylic acid groups (broad SMARTS) is 1. The average molecular weight is 467 g/mol. The fourth-order valence-electron chi connectivity index (χ4n) is 4.98. The maximum atomic E-state index is 13.1. The second-order valence-electron chi connectivity index (χ2n) is 8.80. The summed E-state index contributed by atoms with van der Waals surface area (Å²) in [7, 11) is 1.34. The zero-order valence-corrected chi connectivity index (χ0v) is 19.5. The highest BCUT2D eigenvalue weighted by molar-refractivity contribution is 5.87. The highest BCUT2D eigenvalue weighted by atomic mass is 16.5. The summed E-state index contributed by atoms with van der Waals surface area (Å²) in [5, 5.41) is 12.3. The van der Waals surface area contributed by atoms with Crippen molar-refractivity contribution in [3.8, 4) is 11.1 Å². The molecule has 1 saturated heterocycles. The van der Waals surface area contributed by atoms with Gasteiger partial charge in [0.05, 0.1) is 6.54 Å². The molecule has 2 aliphatic rings. The van der Waals surface area contributed by atoms with Gasteiger partial charge in [-0.1, -0.05) is 55.5 Å². The lowest BCUT2D eigenvalue weighted by atomic mass is 9.92. The number of hydrogen-bond donors (Lipinski definition) is 2. The maximum Gasteiger partial charge on any atom is 0.407 e. The predicted octanol–water partition coefficient (Wildman–Crippen LogP) is 3.40. The molecule has 0 radical (unpaired) electrons. The van der Waals surface area contributed by atoms with E-state index in [4.69, 9.17) is 9.47 Å². The highest BCUT2D eigenvalue weighted by Crippen LogP contribution is 2.44. The Hall–Kier alpha value is -3.39. The molecule has 180 valence electrons. The molecule has 1 aliphatic carbocycles. The first-order chi connectivity index (χ1) is 16.4. The number of fused-ring (bicyclic) bond motifs is 3. The lowest BCUT2D eigenvalue weighted by Crippen LogP contribution is -2.59. The van der Waals surface area contributed by atoms with E-state index >= 15 is 0 Å². The van der Waals surface area contributed by atoms with Crippen LogP contribution in [0, 0.1) is 0 Å². The third kappa shape index (κ3) is 4.37. The Bertz CT molecular complexity index is 1040. The number of rotatable bonds is 7. The second-order valence-corrected chi connectivity index (χ2v) is 8.80. The zero-order chi connectivity index (χ0) is 24.3. The Morgan fingerprint density at radius 2 is 1.74 bits per heavy atom. The van der Waals surface area contributed by atoms with Crippen LogP contribution in [-0.2, 0) is 19.1 Å². The Morgan fingerprint density at radius 3 is 2.29 bits per heavy atom. The minimum atomic E-state index is -1.42. The Morgan fingerprint density at radius 1 is 1.12 bits per heavy atom. The summed E-state index contributed by atoms with van der Waals surface area (Å²) in [6, 6.07) is 15.3. The minimum absolute atomic E-state index is 0.0550. The van der Waals surface area contributed by atoms with E-state index in [1.165, 1.54) is 12.0 Å². The molecule has 1 heterocycles. The number of alkyl carbamates (subject to hydrolysis) is 1. The van der Waals surface area contributed by atoms with E-state index in [1.807, 2.05) is 36.4 Å². The molecule has 0 spiro atoms. The number of nitrogens with zero attached hydrogens (tertiary/aromatic N) is 1. The van der Waals surface area contributed by atoms with Crippen molar-refractivity contribution in [2.24, 2.45) is 0 Å². The van der Waals surface area contributed by atoms with Crippen LogP contribution in [0.1, 0.15) is 43.2 Å². The van der Waals surface area contributed by atoms with Gasteiger partial charge in [-0.15, -0.1) is 0 Å². The summed E-state index contributed by atoms with van der Waals surface area (Å²) in [5.41, 5.74) is 3.07. The molecule has 4 rings (SSSR count). The number of amides is 2. The number of nitrogens with one attached hydrogen (secondary N) is 1. The summed E-state index contributed by atoms with van der Waals surface area (Å²) in [6.07, 6.45) is 0.522. The molecule has 1 fully saturated rings. The minimum Gasteiger partial charge on any atom is -0.479 e. The smallest absolute Gasteiger partial charge is 0.407 e. The van der Waals surface area contributed by atoms with Gasteiger partial charge in [-0.25, -0.2) is 9.59 Å². The molecule has 2 aromatic rings. The number of aliphatic carboxylic acids is 1. The Labute approximate surface area is 198 Å². The fourth-order valence-corrected chi connectivity index (χ4v) is 4.98. The van der Waals surface area contributed by atoms with Crippen LogP contribution < -0.4 is 5.32 Å². The molecule has 1 unspecified atom stereocenters. The molecule has 8 heteroatoms. The molecule has 2 N–H and O–H groups in total. The summed E-state index contributed by atoms with van der Waals surface area (Å²) >= 11 is 0. The molecular weight excluding hydrogens is 436 g/mol. The van der Waals surface area contributed by atoms with Crippen molar-refractivity contribution in [2.45, 2.75) is 43.7 Å². The number of likely N-dealkylation sites (tertiary alicyclic amines) is 1. The lowest BCUT2D eigenvalue weighted by Gasteiger charge is -2.39. The topological polar surface area (TPSA) is 105 Å². The summed E-state index contributed by atoms with van der Waals surface area (Å²) < 4.78 is 10.8.